The van der Waals surface area contributed by atoms with E-state index >= 15 is 0 Å². The number of nitrogens with one attached hydrogen (secondary N) is 2. The van der Waals surface area contributed by atoms with Gasteiger partial charge in [-0.1, -0.05) is 5.92 Å². The van der Waals surface area contributed by atoms with Crippen LogP contribution in [-0.4, -0.2) is 28.1 Å². The van der Waals surface area contributed by atoms with Crippen molar-refractivity contribution in [3.05, 3.63) is 16.1 Å². The summed E-state index contributed by atoms with van der Waals surface area (Å²) in [7, 11) is 0. The summed E-state index contributed by atoms with van der Waals surface area (Å²) < 4.78 is 0. The molecule has 0 saturated carbocycles. The van der Waals surface area contributed by atoms with Gasteiger partial charge in [-0.25, -0.2) is 14.6 Å². The van der Waals surface area contributed by atoms with Gasteiger partial charge in [-0.3, -0.25) is 0 Å². The van der Waals surface area contributed by atoms with Crippen molar-refractivity contribution in [1.29, 1.82) is 0 Å². The topological polar surface area (TPSA) is 91.3 Å². The Labute approximate surface area is 108 Å². The molecule has 1 heterocycles. The van der Waals surface area contributed by atoms with Gasteiger partial charge in [-0.05, 0) is 13.8 Å². The van der Waals surface area contributed by atoms with E-state index < -0.39 is 12.0 Å². The molecule has 0 spiro atoms. The largest absolute Gasteiger partial charge is 0.476 e. The zero-order valence-corrected chi connectivity index (χ0v) is 10.7. The number of carboxylic acids is 1. The van der Waals surface area contributed by atoms with Crippen molar-refractivity contribution in [3.8, 4) is 12.3 Å². The van der Waals surface area contributed by atoms with Crippen LogP contribution in [0.3, 0.4) is 0 Å². The average molecular weight is 267 g/mol. The molecule has 0 aliphatic carbocycles. The number of rotatable bonds is 4. The zero-order valence-electron chi connectivity index (χ0n) is 9.93. The fraction of sp³-hybridized carbons (Fsp3) is 0.364. The van der Waals surface area contributed by atoms with Crippen molar-refractivity contribution in [3.63, 3.8) is 0 Å². The molecule has 1 aromatic rings. The van der Waals surface area contributed by atoms with E-state index in [0.717, 1.165) is 0 Å². The molecule has 3 N–H and O–H groups in total. The minimum atomic E-state index is -1.09. The molecule has 18 heavy (non-hydrogen) atoms. The second-order valence-corrected chi connectivity index (χ2v) is 4.49. The summed E-state index contributed by atoms with van der Waals surface area (Å²) in [6.45, 7) is 3.39. The highest BCUT2D eigenvalue weighted by molar-refractivity contribution is 7.09. The highest BCUT2D eigenvalue weighted by atomic mass is 32.1. The molecular weight excluding hydrogens is 254 g/mol. The average Bonchev–Trinajstić information content (AvgIpc) is 2.77. The Hall–Kier alpha value is -2.07. The molecule has 0 aliphatic heterocycles. The number of nitrogens with zero attached hydrogens (tertiary/aromatic N) is 1. The van der Waals surface area contributed by atoms with Gasteiger partial charge in [0.2, 0.25) is 0 Å². The Morgan fingerprint density at radius 1 is 1.50 bits per heavy atom. The van der Waals surface area contributed by atoms with Gasteiger partial charge in [0.05, 0.1) is 12.1 Å². The smallest absolute Gasteiger partial charge is 0.355 e. The maximum atomic E-state index is 11.5. The van der Waals surface area contributed by atoms with Gasteiger partial charge in [-0.2, -0.15) is 0 Å². The summed E-state index contributed by atoms with van der Waals surface area (Å²) >= 11 is 1.18. The van der Waals surface area contributed by atoms with E-state index in [2.05, 4.69) is 21.5 Å². The lowest BCUT2D eigenvalue weighted by molar-refractivity contribution is 0.0691. The number of carbonyl (C=O) groups excluding carboxylic acids is 1. The van der Waals surface area contributed by atoms with Crippen molar-refractivity contribution in [2.75, 3.05) is 0 Å². The van der Waals surface area contributed by atoms with Crippen LogP contribution >= 0.6 is 11.3 Å². The normalized spacial score (nSPS) is 13.2. The van der Waals surface area contributed by atoms with Gasteiger partial charge in [0.1, 0.15) is 5.01 Å². The van der Waals surface area contributed by atoms with Crippen LogP contribution in [-0.2, 0) is 0 Å². The van der Waals surface area contributed by atoms with E-state index in [1.165, 1.54) is 16.7 Å². The summed E-state index contributed by atoms with van der Waals surface area (Å²) in [6, 6.07) is -1.17. The van der Waals surface area contributed by atoms with Crippen molar-refractivity contribution in [2.45, 2.75) is 25.9 Å². The first-order valence-electron chi connectivity index (χ1n) is 5.16. The highest BCUT2D eigenvalue weighted by Crippen LogP contribution is 2.17. The lowest BCUT2D eigenvalue weighted by atomic mass is 10.3. The lowest BCUT2D eigenvalue weighted by Gasteiger charge is -2.13. The van der Waals surface area contributed by atoms with Crippen LogP contribution in [0.1, 0.15) is 35.4 Å². The summed E-state index contributed by atoms with van der Waals surface area (Å²) in [4.78, 5) is 26.0. The highest BCUT2D eigenvalue weighted by Gasteiger charge is 2.16. The molecule has 0 aliphatic rings. The number of hydrogen-bond donors (Lipinski definition) is 3. The summed E-state index contributed by atoms with van der Waals surface area (Å²) in [6.07, 6.45) is 5.13. The molecule has 96 valence electrons. The van der Waals surface area contributed by atoms with E-state index in [0.29, 0.717) is 5.01 Å². The van der Waals surface area contributed by atoms with Crippen LogP contribution in [0.15, 0.2) is 5.38 Å². The Balaban J connectivity index is 2.59. The predicted octanol–water partition coefficient (Wildman–Crippen LogP) is 1.22. The van der Waals surface area contributed by atoms with E-state index in [9.17, 15) is 9.59 Å². The molecule has 1 aromatic heterocycles. The number of carboxylic acid groups (broad SMARTS) is 1. The second kappa shape index (κ2) is 6.02. The van der Waals surface area contributed by atoms with E-state index in [1.54, 1.807) is 13.8 Å². The van der Waals surface area contributed by atoms with E-state index in [-0.39, 0.29) is 17.8 Å². The Morgan fingerprint density at radius 2 is 2.17 bits per heavy atom. The van der Waals surface area contributed by atoms with Crippen LogP contribution in [0.4, 0.5) is 4.79 Å². The summed E-state index contributed by atoms with van der Waals surface area (Å²) in [5.41, 5.74) is -0.0268. The zero-order chi connectivity index (χ0) is 13.7. The van der Waals surface area contributed by atoms with Crippen molar-refractivity contribution < 1.29 is 14.7 Å². The number of urea groups is 1. The number of hydrogen-bond acceptors (Lipinski definition) is 4. The van der Waals surface area contributed by atoms with E-state index in [4.69, 9.17) is 11.5 Å². The molecule has 0 radical (unpaired) electrons. The molecule has 2 atom stereocenters. The van der Waals surface area contributed by atoms with Crippen LogP contribution < -0.4 is 10.6 Å². The Morgan fingerprint density at radius 3 is 2.67 bits per heavy atom. The van der Waals surface area contributed by atoms with Crippen LogP contribution in [0.5, 0.6) is 0 Å². The molecule has 0 saturated heterocycles. The van der Waals surface area contributed by atoms with Gasteiger partial charge in [0, 0.05) is 5.38 Å². The molecule has 1 rings (SSSR count). The standard InChI is InChI=1S/C11H13N3O3S/c1-4-6(2)12-11(17)13-7(3)9-14-8(5-18-9)10(15)16/h1,5-7H,2-3H3,(H,15,16)(H2,12,13,17). The second-order valence-electron chi connectivity index (χ2n) is 3.60. The SMILES string of the molecule is C#CC(C)NC(=O)NC(C)c1nc(C(=O)O)cs1. The Kier molecular flexibility index (Phi) is 4.68. The maximum absolute atomic E-state index is 11.5. The van der Waals surface area contributed by atoms with Gasteiger partial charge in [-0.15, -0.1) is 17.8 Å². The number of aromatic carboxylic acids is 1. The predicted molar refractivity (Wildman–Crippen MR) is 67.5 cm³/mol. The number of terminal acetylenes is 1. The number of thiazole rings is 1. The van der Waals surface area contributed by atoms with E-state index in [1.807, 2.05) is 0 Å². The fourth-order valence-electron chi connectivity index (χ4n) is 1.12. The number of carbonyl (C=O) groups is 2. The fourth-order valence-corrected chi connectivity index (χ4v) is 1.92. The quantitative estimate of drug-likeness (QED) is 0.715. The van der Waals surface area contributed by atoms with Crippen LogP contribution in [0.25, 0.3) is 0 Å². The summed E-state index contributed by atoms with van der Waals surface area (Å²) in [5.74, 6) is 1.28. The van der Waals surface area contributed by atoms with Gasteiger partial charge < -0.3 is 15.7 Å². The Bertz CT molecular complexity index is 492. The third-order valence-corrected chi connectivity index (χ3v) is 3.08. The lowest BCUT2D eigenvalue weighted by Crippen LogP contribution is -2.41. The van der Waals surface area contributed by atoms with Crippen molar-refractivity contribution in [1.82, 2.24) is 15.6 Å². The van der Waals surface area contributed by atoms with Gasteiger partial charge >= 0.3 is 12.0 Å². The third kappa shape index (κ3) is 3.75. The molecule has 2 amide bonds. The molecule has 7 heteroatoms. The third-order valence-electron chi connectivity index (χ3n) is 2.06. The first kappa shape index (κ1) is 14.0. The van der Waals surface area contributed by atoms with Gasteiger partial charge in [0.25, 0.3) is 0 Å². The molecule has 0 bridgehead atoms. The van der Waals surface area contributed by atoms with Crippen LogP contribution in [0, 0.1) is 12.3 Å². The van der Waals surface area contributed by atoms with Crippen molar-refractivity contribution in [2.24, 2.45) is 0 Å². The first-order chi connectivity index (χ1) is 8.43. The molecule has 0 fully saturated rings. The van der Waals surface area contributed by atoms with Crippen molar-refractivity contribution >= 4 is 23.3 Å². The molecule has 6 nitrogen and oxygen atoms in total. The monoisotopic (exact) mass is 267 g/mol. The maximum Gasteiger partial charge on any atom is 0.355 e. The van der Waals surface area contributed by atoms with Crippen LogP contribution in [0.2, 0.25) is 0 Å². The molecular formula is C11H13N3O3S. The van der Waals surface area contributed by atoms with Gasteiger partial charge in [0.15, 0.2) is 5.69 Å². The molecule has 0 aromatic carbocycles. The number of amides is 2. The first-order valence-corrected chi connectivity index (χ1v) is 6.04. The number of aromatic nitrogens is 1. The minimum absolute atomic E-state index is 0.0268. The molecule has 2 unspecified atom stereocenters. The minimum Gasteiger partial charge on any atom is -0.476 e. The summed E-state index contributed by atoms with van der Waals surface area (Å²) in [5, 5.41) is 15.8.